The summed E-state index contributed by atoms with van der Waals surface area (Å²) >= 11 is 4.84. The molecule has 0 saturated carbocycles. The van der Waals surface area contributed by atoms with E-state index in [1.807, 2.05) is 54.6 Å². The number of halogens is 1. The van der Waals surface area contributed by atoms with E-state index in [-0.39, 0.29) is 5.57 Å². The monoisotopic (exact) mass is 465 g/mol. The molecule has 146 valence electrons. The van der Waals surface area contributed by atoms with Crippen molar-refractivity contribution in [2.75, 3.05) is 5.32 Å². The topological polar surface area (TPSA) is 65.8 Å². The molecule has 0 aliphatic heterocycles. The highest BCUT2D eigenvalue weighted by atomic mass is 79.9. The molecule has 29 heavy (non-hydrogen) atoms. The van der Waals surface area contributed by atoms with Gasteiger partial charge in [0.25, 0.3) is 5.91 Å². The van der Waals surface area contributed by atoms with Crippen molar-refractivity contribution < 1.29 is 4.79 Å². The van der Waals surface area contributed by atoms with Gasteiger partial charge in [0.05, 0.1) is 0 Å². The number of carbonyl (C=O) groups is 1. The van der Waals surface area contributed by atoms with Crippen LogP contribution >= 0.6 is 27.3 Å². The molecule has 0 saturated heterocycles. The highest BCUT2D eigenvalue weighted by Gasteiger charge is 2.12. The summed E-state index contributed by atoms with van der Waals surface area (Å²) in [6.45, 7) is 4.25. The number of nitrogens with zero attached hydrogens (tertiary/aromatic N) is 2. The van der Waals surface area contributed by atoms with Gasteiger partial charge in [-0.2, -0.15) is 5.26 Å². The van der Waals surface area contributed by atoms with Crippen molar-refractivity contribution in [1.82, 2.24) is 4.98 Å². The Labute approximate surface area is 183 Å². The van der Waals surface area contributed by atoms with Crippen molar-refractivity contribution >= 4 is 44.4 Å². The Morgan fingerprint density at radius 1 is 1.21 bits per heavy atom. The number of thiazole rings is 1. The van der Waals surface area contributed by atoms with Crippen LogP contribution in [0.15, 0.2) is 64.8 Å². The van der Waals surface area contributed by atoms with Crippen LogP contribution in [0, 0.1) is 11.3 Å². The first-order chi connectivity index (χ1) is 13.9. The zero-order valence-corrected chi connectivity index (χ0v) is 18.5. The van der Waals surface area contributed by atoms with Gasteiger partial charge >= 0.3 is 0 Å². The third-order valence-corrected chi connectivity index (χ3v) is 5.79. The van der Waals surface area contributed by atoms with E-state index in [2.05, 4.69) is 40.1 Å². The summed E-state index contributed by atoms with van der Waals surface area (Å²) in [7, 11) is 0. The lowest BCUT2D eigenvalue weighted by Gasteiger charge is -2.05. The van der Waals surface area contributed by atoms with Gasteiger partial charge in [-0.3, -0.25) is 10.1 Å². The second kappa shape index (κ2) is 9.64. The van der Waals surface area contributed by atoms with Crippen LogP contribution in [0.1, 0.15) is 41.3 Å². The molecule has 4 nitrogen and oxygen atoms in total. The molecule has 0 bridgehead atoms. The lowest BCUT2D eigenvalue weighted by Crippen LogP contribution is -2.13. The Hall–Kier alpha value is -2.75. The maximum atomic E-state index is 12.5. The van der Waals surface area contributed by atoms with Gasteiger partial charge in [0.15, 0.2) is 5.13 Å². The largest absolute Gasteiger partial charge is 0.297 e. The summed E-state index contributed by atoms with van der Waals surface area (Å²) in [5.41, 5.74) is 3.24. The van der Waals surface area contributed by atoms with E-state index in [4.69, 9.17) is 0 Å². The molecule has 0 atom stereocenters. The van der Waals surface area contributed by atoms with Crippen LogP contribution in [0.25, 0.3) is 6.08 Å². The van der Waals surface area contributed by atoms with Gasteiger partial charge in [-0.25, -0.2) is 4.98 Å². The number of rotatable bonds is 6. The van der Waals surface area contributed by atoms with Gasteiger partial charge in [0.2, 0.25) is 0 Å². The Morgan fingerprint density at radius 2 is 1.90 bits per heavy atom. The highest BCUT2D eigenvalue weighted by Crippen LogP contribution is 2.23. The van der Waals surface area contributed by atoms with Gasteiger partial charge in [0, 0.05) is 22.0 Å². The van der Waals surface area contributed by atoms with E-state index in [9.17, 15) is 10.1 Å². The van der Waals surface area contributed by atoms with Gasteiger partial charge in [-0.15, -0.1) is 11.3 Å². The first kappa shape index (κ1) is 21.0. The number of amides is 1. The molecular formula is C23H20BrN3OS. The van der Waals surface area contributed by atoms with Crippen molar-refractivity contribution in [3.05, 3.63) is 86.3 Å². The zero-order chi connectivity index (χ0) is 20.8. The maximum absolute atomic E-state index is 12.5. The minimum atomic E-state index is -0.454. The summed E-state index contributed by atoms with van der Waals surface area (Å²) < 4.78 is 1.04. The molecule has 0 aliphatic carbocycles. The van der Waals surface area contributed by atoms with E-state index in [0.717, 1.165) is 26.9 Å². The lowest BCUT2D eigenvalue weighted by atomic mass is 10.0. The SMILES string of the molecule is CC(C)c1ccc(/C=C(\C#N)C(=O)Nc2ncc(Cc3ccc(Br)cc3)s2)cc1. The van der Waals surface area contributed by atoms with Crippen LogP contribution in [0.2, 0.25) is 0 Å². The lowest BCUT2D eigenvalue weighted by molar-refractivity contribution is -0.112. The third-order valence-electron chi connectivity index (χ3n) is 4.34. The van der Waals surface area contributed by atoms with Crippen molar-refractivity contribution in [2.45, 2.75) is 26.2 Å². The normalized spacial score (nSPS) is 11.3. The van der Waals surface area contributed by atoms with Crippen LogP contribution in [-0.4, -0.2) is 10.9 Å². The maximum Gasteiger partial charge on any atom is 0.268 e. The van der Waals surface area contributed by atoms with Crippen molar-refractivity contribution in [3.8, 4) is 6.07 Å². The standard InChI is InChI=1S/C23H20BrN3OS/c1-15(2)18-7-3-16(4-8-18)11-19(13-25)22(28)27-23-26-14-21(29-23)12-17-5-9-20(24)10-6-17/h3-11,14-15H,12H2,1-2H3,(H,26,27,28)/b19-11+. The van der Waals surface area contributed by atoms with E-state index in [0.29, 0.717) is 11.0 Å². The molecule has 0 unspecified atom stereocenters. The van der Waals surface area contributed by atoms with E-state index in [1.165, 1.54) is 16.9 Å². The smallest absolute Gasteiger partial charge is 0.268 e. The number of hydrogen-bond donors (Lipinski definition) is 1. The average molecular weight is 466 g/mol. The third kappa shape index (κ3) is 5.86. The van der Waals surface area contributed by atoms with E-state index in [1.54, 1.807) is 12.3 Å². The van der Waals surface area contributed by atoms with Crippen molar-refractivity contribution in [2.24, 2.45) is 0 Å². The molecule has 1 aromatic heterocycles. The first-order valence-electron chi connectivity index (χ1n) is 9.17. The fraction of sp³-hybridized carbons (Fsp3) is 0.174. The molecule has 6 heteroatoms. The molecule has 1 amide bonds. The second-order valence-corrected chi connectivity index (χ2v) is 8.91. The molecule has 1 heterocycles. The van der Waals surface area contributed by atoms with Gasteiger partial charge in [0.1, 0.15) is 11.6 Å². The Balaban J connectivity index is 1.67. The zero-order valence-electron chi connectivity index (χ0n) is 16.1. The molecule has 1 N–H and O–H groups in total. The van der Waals surface area contributed by atoms with Gasteiger partial charge < -0.3 is 0 Å². The van der Waals surface area contributed by atoms with Crippen LogP contribution < -0.4 is 5.32 Å². The van der Waals surface area contributed by atoms with E-state index < -0.39 is 5.91 Å². The number of carbonyl (C=O) groups excluding carboxylic acids is 1. The number of nitriles is 1. The molecule has 0 fully saturated rings. The quantitative estimate of drug-likeness (QED) is 0.349. The molecule has 0 radical (unpaired) electrons. The van der Waals surface area contributed by atoms with Crippen molar-refractivity contribution in [3.63, 3.8) is 0 Å². The highest BCUT2D eigenvalue weighted by molar-refractivity contribution is 9.10. The number of anilines is 1. The summed E-state index contributed by atoms with van der Waals surface area (Å²) in [6, 6.07) is 17.9. The number of benzene rings is 2. The summed E-state index contributed by atoms with van der Waals surface area (Å²) in [5.74, 6) is -0.0201. The Morgan fingerprint density at radius 3 is 2.52 bits per heavy atom. The van der Waals surface area contributed by atoms with Crippen LogP contribution in [0.3, 0.4) is 0 Å². The molecule has 2 aromatic carbocycles. The second-order valence-electron chi connectivity index (χ2n) is 6.88. The van der Waals surface area contributed by atoms with Crippen molar-refractivity contribution in [1.29, 1.82) is 5.26 Å². The fourth-order valence-corrected chi connectivity index (χ4v) is 3.81. The minimum Gasteiger partial charge on any atom is -0.297 e. The molecule has 3 rings (SSSR count). The Kier molecular flexibility index (Phi) is 6.97. The Bertz CT molecular complexity index is 1060. The predicted molar refractivity (Wildman–Crippen MR) is 122 cm³/mol. The van der Waals surface area contributed by atoms with Gasteiger partial charge in [-0.05, 0) is 40.8 Å². The van der Waals surface area contributed by atoms with E-state index >= 15 is 0 Å². The average Bonchev–Trinajstić information content (AvgIpc) is 3.14. The summed E-state index contributed by atoms with van der Waals surface area (Å²) in [6.07, 6.45) is 4.09. The van der Waals surface area contributed by atoms with Crippen LogP contribution in [-0.2, 0) is 11.2 Å². The van der Waals surface area contributed by atoms with Gasteiger partial charge in [-0.1, -0.05) is 66.2 Å². The minimum absolute atomic E-state index is 0.0481. The molecular weight excluding hydrogens is 446 g/mol. The first-order valence-corrected chi connectivity index (χ1v) is 10.8. The summed E-state index contributed by atoms with van der Waals surface area (Å²) in [5, 5.41) is 12.6. The number of hydrogen-bond acceptors (Lipinski definition) is 4. The molecule has 3 aromatic rings. The number of nitrogens with one attached hydrogen (secondary N) is 1. The molecule has 0 aliphatic rings. The molecule has 0 spiro atoms. The summed E-state index contributed by atoms with van der Waals surface area (Å²) in [4.78, 5) is 17.8. The van der Waals surface area contributed by atoms with Crippen LogP contribution in [0.5, 0.6) is 0 Å². The van der Waals surface area contributed by atoms with Crippen LogP contribution in [0.4, 0.5) is 5.13 Å². The fourth-order valence-electron chi connectivity index (χ4n) is 2.71. The predicted octanol–water partition coefficient (Wildman–Crippen LogP) is 6.17. The number of aromatic nitrogens is 1.